The summed E-state index contributed by atoms with van der Waals surface area (Å²) in [6.07, 6.45) is -0.788. The molecule has 1 aromatic heterocycles. The molecule has 7 heteroatoms. The lowest BCUT2D eigenvalue weighted by Gasteiger charge is -2.17. The number of nitrogens with two attached hydrogens (primary N) is 1. The molecule has 1 aromatic carbocycles. The van der Waals surface area contributed by atoms with Crippen LogP contribution in [0.15, 0.2) is 18.3 Å². The number of hydrogen-bond donors (Lipinski definition) is 4. The fourth-order valence-electron chi connectivity index (χ4n) is 1.87. The number of carbonyl (C=O) groups excluding carboxylic acids is 1. The van der Waals surface area contributed by atoms with E-state index in [2.05, 4.69) is 14.9 Å². The van der Waals surface area contributed by atoms with Crippen LogP contribution in [-0.2, 0) is 4.74 Å². The van der Waals surface area contributed by atoms with Gasteiger partial charge in [-0.15, -0.1) is 0 Å². The van der Waals surface area contributed by atoms with Gasteiger partial charge >= 0.3 is 5.97 Å². The third-order valence-corrected chi connectivity index (χ3v) is 2.93. The Bertz CT molecular complexity index is 596. The zero-order chi connectivity index (χ0) is 14.0. The molecule has 0 aliphatic carbocycles. The summed E-state index contributed by atoms with van der Waals surface area (Å²) in [4.78, 5) is 11.7. The normalized spacial score (nSPS) is 14.3. The summed E-state index contributed by atoms with van der Waals surface area (Å²) in [6, 6.07) is 3.07. The van der Waals surface area contributed by atoms with Crippen molar-refractivity contribution in [1.82, 2.24) is 10.2 Å². The maximum atomic E-state index is 11.7. The molecule has 0 spiro atoms. The summed E-state index contributed by atoms with van der Waals surface area (Å²) in [5, 5.41) is 26.7. The van der Waals surface area contributed by atoms with Crippen molar-refractivity contribution in [1.29, 1.82) is 0 Å². The van der Waals surface area contributed by atoms with Crippen LogP contribution in [0.25, 0.3) is 10.9 Å². The number of aliphatic hydroxyl groups excluding tert-OH is 2. The average molecular weight is 265 g/mol. The lowest BCUT2D eigenvalue weighted by molar-refractivity contribution is 0.0243. The molecule has 0 fully saturated rings. The molecule has 19 heavy (non-hydrogen) atoms. The van der Waals surface area contributed by atoms with Crippen molar-refractivity contribution in [3.63, 3.8) is 0 Å². The van der Waals surface area contributed by atoms with Crippen molar-refractivity contribution >= 4 is 16.9 Å². The van der Waals surface area contributed by atoms with Gasteiger partial charge in [0.05, 0.1) is 30.5 Å². The third-order valence-electron chi connectivity index (χ3n) is 2.93. The van der Waals surface area contributed by atoms with Crippen molar-refractivity contribution < 1.29 is 19.7 Å². The quantitative estimate of drug-likeness (QED) is 0.563. The average Bonchev–Trinajstić information content (AvgIpc) is 2.91. The van der Waals surface area contributed by atoms with Gasteiger partial charge in [0.15, 0.2) is 0 Å². The second kappa shape index (κ2) is 5.35. The molecule has 0 amide bonds. The molecular weight excluding hydrogens is 250 g/mol. The van der Waals surface area contributed by atoms with Crippen LogP contribution in [0.4, 0.5) is 0 Å². The Kier molecular flexibility index (Phi) is 3.79. The highest BCUT2D eigenvalue weighted by Gasteiger charge is 2.21. The number of esters is 1. The molecule has 2 rings (SSSR count). The molecule has 0 radical (unpaired) electrons. The molecule has 5 N–H and O–H groups in total. The number of benzene rings is 1. The monoisotopic (exact) mass is 265 g/mol. The highest BCUT2D eigenvalue weighted by molar-refractivity contribution is 6.03. The Labute approximate surface area is 109 Å². The Morgan fingerprint density at radius 1 is 1.53 bits per heavy atom. The van der Waals surface area contributed by atoms with Gasteiger partial charge in [-0.05, 0) is 17.7 Å². The molecule has 102 valence electrons. The number of carbonyl (C=O) groups is 1. The highest BCUT2D eigenvalue weighted by Crippen LogP contribution is 2.25. The lowest BCUT2D eigenvalue weighted by Crippen LogP contribution is -2.27. The Balaban J connectivity index is 2.54. The summed E-state index contributed by atoms with van der Waals surface area (Å²) in [6.45, 7) is -0.0876. The Hall–Kier alpha value is -1.96. The minimum absolute atomic E-state index is 0.0876. The van der Waals surface area contributed by atoms with Gasteiger partial charge in [-0.3, -0.25) is 5.10 Å². The van der Waals surface area contributed by atoms with Crippen molar-refractivity contribution in [2.75, 3.05) is 13.7 Å². The van der Waals surface area contributed by atoms with Crippen LogP contribution in [0.5, 0.6) is 0 Å². The van der Waals surface area contributed by atoms with Crippen LogP contribution in [0.2, 0.25) is 0 Å². The molecule has 2 unspecified atom stereocenters. The van der Waals surface area contributed by atoms with Crippen LogP contribution in [0.1, 0.15) is 22.0 Å². The lowest BCUT2D eigenvalue weighted by atomic mass is 9.99. The number of aliphatic hydroxyl groups is 2. The molecule has 0 aliphatic heterocycles. The summed E-state index contributed by atoms with van der Waals surface area (Å²) >= 11 is 0. The number of ether oxygens (including phenoxy) is 1. The molecule has 2 atom stereocenters. The van der Waals surface area contributed by atoms with E-state index in [4.69, 9.17) is 5.73 Å². The van der Waals surface area contributed by atoms with Crippen molar-refractivity contribution in [2.24, 2.45) is 5.73 Å². The molecule has 1 heterocycles. The number of H-pyrrole nitrogens is 1. The highest BCUT2D eigenvalue weighted by atomic mass is 16.5. The van der Waals surface area contributed by atoms with Crippen LogP contribution in [0, 0.1) is 0 Å². The first-order valence-electron chi connectivity index (χ1n) is 5.70. The largest absolute Gasteiger partial charge is 0.465 e. The van der Waals surface area contributed by atoms with E-state index in [1.54, 1.807) is 6.07 Å². The fraction of sp³-hybridized carbons (Fsp3) is 0.333. The number of rotatable bonds is 4. The van der Waals surface area contributed by atoms with Crippen LogP contribution < -0.4 is 5.73 Å². The molecule has 0 saturated carbocycles. The van der Waals surface area contributed by atoms with Gasteiger partial charge < -0.3 is 20.7 Å². The standard InChI is InChI=1S/C12H15N3O4/c1-19-12(18)7-2-6(11(17)10(16)4-13)3-9-8(7)5-14-15-9/h2-3,5,10-11,16-17H,4,13H2,1H3,(H,14,15). The second-order valence-corrected chi connectivity index (χ2v) is 4.14. The predicted molar refractivity (Wildman–Crippen MR) is 67.5 cm³/mol. The van der Waals surface area contributed by atoms with Gasteiger partial charge in [0.2, 0.25) is 0 Å². The number of nitrogens with one attached hydrogen (secondary N) is 1. The van der Waals surface area contributed by atoms with E-state index < -0.39 is 18.2 Å². The Morgan fingerprint density at radius 3 is 2.89 bits per heavy atom. The number of methoxy groups -OCH3 is 1. The van der Waals surface area contributed by atoms with E-state index in [-0.39, 0.29) is 12.1 Å². The number of nitrogens with zero attached hydrogens (tertiary/aromatic N) is 1. The zero-order valence-corrected chi connectivity index (χ0v) is 10.3. The first-order valence-corrected chi connectivity index (χ1v) is 5.70. The third kappa shape index (κ3) is 2.43. The van der Waals surface area contributed by atoms with E-state index in [0.717, 1.165) is 0 Å². The maximum absolute atomic E-state index is 11.7. The van der Waals surface area contributed by atoms with E-state index >= 15 is 0 Å². The predicted octanol–water partition coefficient (Wildman–Crippen LogP) is -0.298. The van der Waals surface area contributed by atoms with Crippen LogP contribution >= 0.6 is 0 Å². The summed E-state index contributed by atoms with van der Waals surface area (Å²) in [5.41, 5.74) is 6.52. The van der Waals surface area contributed by atoms with E-state index in [1.165, 1.54) is 19.4 Å². The van der Waals surface area contributed by atoms with E-state index in [9.17, 15) is 15.0 Å². The van der Waals surface area contributed by atoms with Crippen molar-refractivity contribution in [2.45, 2.75) is 12.2 Å². The van der Waals surface area contributed by atoms with E-state index in [1.807, 2.05) is 0 Å². The fourth-order valence-corrected chi connectivity index (χ4v) is 1.87. The SMILES string of the molecule is COC(=O)c1cc(C(O)C(O)CN)cc2[nH]ncc12. The minimum Gasteiger partial charge on any atom is -0.465 e. The van der Waals surface area contributed by atoms with Gasteiger partial charge in [-0.1, -0.05) is 0 Å². The topological polar surface area (TPSA) is 121 Å². The van der Waals surface area contributed by atoms with Gasteiger partial charge in [0.25, 0.3) is 0 Å². The number of aromatic nitrogens is 2. The van der Waals surface area contributed by atoms with Gasteiger partial charge in [0.1, 0.15) is 6.10 Å². The maximum Gasteiger partial charge on any atom is 0.338 e. The van der Waals surface area contributed by atoms with Crippen molar-refractivity contribution in [3.8, 4) is 0 Å². The summed E-state index contributed by atoms with van der Waals surface area (Å²) in [5.74, 6) is -0.539. The van der Waals surface area contributed by atoms with Gasteiger partial charge in [-0.2, -0.15) is 5.10 Å². The molecule has 0 aliphatic rings. The summed E-state index contributed by atoms with van der Waals surface area (Å²) < 4.78 is 4.69. The first kappa shape index (κ1) is 13.5. The number of fused-ring (bicyclic) bond motifs is 1. The molecule has 0 saturated heterocycles. The number of aromatic amines is 1. The molecule has 0 bridgehead atoms. The molecule has 7 nitrogen and oxygen atoms in total. The first-order chi connectivity index (χ1) is 9.08. The smallest absolute Gasteiger partial charge is 0.338 e. The second-order valence-electron chi connectivity index (χ2n) is 4.14. The molecule has 2 aromatic rings. The van der Waals surface area contributed by atoms with Crippen LogP contribution in [0.3, 0.4) is 0 Å². The van der Waals surface area contributed by atoms with Gasteiger partial charge in [-0.25, -0.2) is 4.79 Å². The van der Waals surface area contributed by atoms with Crippen molar-refractivity contribution in [3.05, 3.63) is 29.5 Å². The number of hydrogen-bond acceptors (Lipinski definition) is 6. The van der Waals surface area contributed by atoms with Gasteiger partial charge in [0, 0.05) is 11.9 Å². The zero-order valence-electron chi connectivity index (χ0n) is 10.3. The minimum atomic E-state index is -1.18. The van der Waals surface area contributed by atoms with Crippen LogP contribution in [-0.4, -0.2) is 46.1 Å². The Morgan fingerprint density at radius 2 is 2.26 bits per heavy atom. The summed E-state index contributed by atoms with van der Waals surface area (Å²) in [7, 11) is 1.27. The molecular formula is C12H15N3O4. The van der Waals surface area contributed by atoms with E-state index in [0.29, 0.717) is 16.5 Å².